The van der Waals surface area contributed by atoms with E-state index in [-0.39, 0.29) is 17.7 Å². The van der Waals surface area contributed by atoms with E-state index in [2.05, 4.69) is 0 Å². The lowest BCUT2D eigenvalue weighted by molar-refractivity contribution is 0.0131. The summed E-state index contributed by atoms with van der Waals surface area (Å²) in [6.45, 7) is 0.839. The van der Waals surface area contributed by atoms with Crippen molar-refractivity contribution in [2.75, 3.05) is 0 Å². The molecule has 0 heterocycles. The van der Waals surface area contributed by atoms with Gasteiger partial charge in [0.1, 0.15) is 0 Å². The predicted molar refractivity (Wildman–Crippen MR) is 54.4 cm³/mol. The normalized spacial score (nSPS) is 13.9. The lowest BCUT2D eigenvalue weighted by atomic mass is 10.1. The van der Waals surface area contributed by atoms with Crippen LogP contribution >= 0.6 is 0 Å². The molecule has 0 aliphatic heterocycles. The maximum atomic E-state index is 12.6. The molecule has 0 saturated carbocycles. The molecule has 1 aromatic carbocycles. The van der Waals surface area contributed by atoms with Gasteiger partial charge in [0.15, 0.2) is 11.1 Å². The van der Waals surface area contributed by atoms with Crippen LogP contribution < -0.4 is 0 Å². The van der Waals surface area contributed by atoms with Crippen molar-refractivity contribution in [1.82, 2.24) is 0 Å². The Labute approximate surface area is 89.6 Å². The van der Waals surface area contributed by atoms with E-state index in [4.69, 9.17) is 4.55 Å². The third kappa shape index (κ3) is 4.05. The van der Waals surface area contributed by atoms with Crippen LogP contribution in [0, 0.1) is 0 Å². The van der Waals surface area contributed by atoms with Gasteiger partial charge >= 0.3 is 0 Å². The van der Waals surface area contributed by atoms with Crippen LogP contribution in [0.1, 0.15) is 18.9 Å². The second kappa shape index (κ2) is 4.81. The molecule has 1 rings (SSSR count). The average Bonchev–Trinajstić information content (AvgIpc) is 2.14. The zero-order chi connectivity index (χ0) is 11.5. The quantitative estimate of drug-likeness (QED) is 0.813. The molecule has 0 aliphatic rings. The molecular formula is C10H12F2O2S. The van der Waals surface area contributed by atoms with Gasteiger partial charge in [-0.15, -0.1) is 0 Å². The Bertz CT molecular complexity index is 361. The van der Waals surface area contributed by atoms with Crippen LogP contribution in [0.3, 0.4) is 0 Å². The van der Waals surface area contributed by atoms with E-state index in [1.54, 1.807) is 18.2 Å². The lowest BCUT2D eigenvalue weighted by Crippen LogP contribution is -2.11. The number of hydrogen-bond donors (Lipinski definition) is 1. The first kappa shape index (κ1) is 12.3. The summed E-state index contributed by atoms with van der Waals surface area (Å²) in [6, 6.07) is 6.34. The number of alkyl halides is 2. The van der Waals surface area contributed by atoms with Gasteiger partial charge in [-0.05, 0) is 25.0 Å². The van der Waals surface area contributed by atoms with Crippen LogP contribution in [0.15, 0.2) is 29.2 Å². The number of hydrogen-bond acceptors (Lipinski definition) is 1. The molecule has 1 unspecified atom stereocenters. The number of aryl methyl sites for hydroxylation is 1. The molecule has 15 heavy (non-hydrogen) atoms. The van der Waals surface area contributed by atoms with Crippen molar-refractivity contribution in [3.05, 3.63) is 29.8 Å². The Morgan fingerprint density at radius 3 is 2.53 bits per heavy atom. The summed E-state index contributed by atoms with van der Waals surface area (Å²) in [5.41, 5.74) is 0.500. The van der Waals surface area contributed by atoms with Gasteiger partial charge in [0.25, 0.3) is 0 Å². The number of halogens is 2. The van der Waals surface area contributed by atoms with Crippen LogP contribution in [-0.2, 0) is 17.5 Å². The van der Waals surface area contributed by atoms with Gasteiger partial charge in [0, 0.05) is 6.42 Å². The monoisotopic (exact) mass is 234 g/mol. The van der Waals surface area contributed by atoms with Crippen molar-refractivity contribution < 1.29 is 17.5 Å². The molecule has 0 radical (unpaired) electrons. The first-order valence-corrected chi connectivity index (χ1v) is 5.57. The molecule has 0 saturated heterocycles. The first-order chi connectivity index (χ1) is 6.90. The topological polar surface area (TPSA) is 37.3 Å². The summed E-state index contributed by atoms with van der Waals surface area (Å²) in [5, 5.41) is 0. The minimum absolute atomic E-state index is 0.103. The molecular weight excluding hydrogens is 222 g/mol. The molecule has 1 N–H and O–H groups in total. The van der Waals surface area contributed by atoms with E-state index in [9.17, 15) is 13.0 Å². The van der Waals surface area contributed by atoms with Crippen LogP contribution in [0.2, 0.25) is 0 Å². The zero-order valence-corrected chi connectivity index (χ0v) is 9.06. The smallest absolute Gasteiger partial charge is 0.245 e. The van der Waals surface area contributed by atoms with Crippen molar-refractivity contribution in [3.8, 4) is 0 Å². The number of rotatable bonds is 4. The predicted octanol–water partition coefficient (Wildman–Crippen LogP) is 2.86. The largest absolute Gasteiger partial charge is 0.302 e. The molecule has 1 atom stereocenters. The van der Waals surface area contributed by atoms with Crippen molar-refractivity contribution >= 4 is 11.1 Å². The second-order valence-electron chi connectivity index (χ2n) is 3.43. The standard InChI is InChI=1S/C10H12F2O2S/c1-10(11,12)7-6-8-4-2-3-5-9(8)15(13)14/h2-5H,6-7H2,1H3,(H,13,14). The van der Waals surface area contributed by atoms with Gasteiger partial charge in [-0.1, -0.05) is 18.2 Å². The lowest BCUT2D eigenvalue weighted by Gasteiger charge is -2.11. The van der Waals surface area contributed by atoms with E-state index in [1.165, 1.54) is 6.07 Å². The van der Waals surface area contributed by atoms with Crippen LogP contribution in [0.5, 0.6) is 0 Å². The fourth-order valence-corrected chi connectivity index (χ4v) is 1.82. The summed E-state index contributed by atoms with van der Waals surface area (Å²) in [7, 11) is 0. The SMILES string of the molecule is CC(F)(F)CCc1ccccc1S(=O)O. The van der Waals surface area contributed by atoms with Gasteiger partial charge < -0.3 is 4.55 Å². The van der Waals surface area contributed by atoms with E-state index >= 15 is 0 Å². The Balaban J connectivity index is 2.81. The summed E-state index contributed by atoms with van der Waals surface area (Å²) >= 11 is -2.11. The van der Waals surface area contributed by atoms with E-state index < -0.39 is 17.0 Å². The third-order valence-electron chi connectivity index (χ3n) is 1.99. The highest BCUT2D eigenvalue weighted by Gasteiger charge is 2.21. The highest BCUT2D eigenvalue weighted by atomic mass is 32.2. The highest BCUT2D eigenvalue weighted by Crippen LogP contribution is 2.22. The first-order valence-electron chi connectivity index (χ1n) is 4.47. The summed E-state index contributed by atoms with van der Waals surface area (Å²) in [5.74, 6) is -2.75. The van der Waals surface area contributed by atoms with Gasteiger partial charge in [0.05, 0.1) is 4.90 Å². The minimum Gasteiger partial charge on any atom is -0.302 e. The summed E-state index contributed by atoms with van der Waals surface area (Å²) < 4.78 is 45.0. The Kier molecular flexibility index (Phi) is 3.93. The molecule has 0 aromatic heterocycles. The second-order valence-corrected chi connectivity index (χ2v) is 4.37. The molecule has 2 nitrogen and oxygen atoms in total. The molecule has 84 valence electrons. The zero-order valence-electron chi connectivity index (χ0n) is 8.24. The molecule has 5 heteroatoms. The van der Waals surface area contributed by atoms with Crippen LogP contribution in [-0.4, -0.2) is 14.7 Å². The molecule has 0 fully saturated rings. The molecule has 0 amide bonds. The van der Waals surface area contributed by atoms with Gasteiger partial charge in [-0.25, -0.2) is 13.0 Å². The van der Waals surface area contributed by atoms with E-state index in [0.29, 0.717) is 5.56 Å². The van der Waals surface area contributed by atoms with E-state index in [0.717, 1.165) is 6.92 Å². The van der Waals surface area contributed by atoms with Crippen molar-refractivity contribution in [2.24, 2.45) is 0 Å². The summed E-state index contributed by atoms with van der Waals surface area (Å²) in [6.07, 6.45) is -0.215. The minimum atomic E-state index is -2.75. The maximum absolute atomic E-state index is 12.6. The van der Waals surface area contributed by atoms with Crippen LogP contribution in [0.4, 0.5) is 8.78 Å². The maximum Gasteiger partial charge on any atom is 0.245 e. The van der Waals surface area contributed by atoms with Crippen molar-refractivity contribution in [3.63, 3.8) is 0 Å². The average molecular weight is 234 g/mol. The Hall–Kier alpha value is -0.810. The van der Waals surface area contributed by atoms with Crippen molar-refractivity contribution in [1.29, 1.82) is 0 Å². The Morgan fingerprint density at radius 1 is 1.40 bits per heavy atom. The van der Waals surface area contributed by atoms with Gasteiger partial charge in [-0.3, -0.25) is 0 Å². The molecule has 1 aromatic rings. The van der Waals surface area contributed by atoms with Crippen molar-refractivity contribution in [2.45, 2.75) is 30.6 Å². The highest BCUT2D eigenvalue weighted by molar-refractivity contribution is 7.79. The van der Waals surface area contributed by atoms with Gasteiger partial charge in [-0.2, -0.15) is 0 Å². The number of benzene rings is 1. The molecule has 0 aliphatic carbocycles. The molecule has 0 spiro atoms. The van der Waals surface area contributed by atoms with E-state index in [1.807, 2.05) is 0 Å². The fraction of sp³-hybridized carbons (Fsp3) is 0.400. The van der Waals surface area contributed by atoms with Gasteiger partial charge in [0.2, 0.25) is 5.92 Å². The third-order valence-corrected chi connectivity index (χ3v) is 2.77. The fourth-order valence-electron chi connectivity index (χ4n) is 1.23. The molecule has 0 bridgehead atoms. The summed E-state index contributed by atoms with van der Waals surface area (Å²) in [4.78, 5) is 0.210. The Morgan fingerprint density at radius 2 is 2.00 bits per heavy atom. The van der Waals surface area contributed by atoms with Crippen LogP contribution in [0.25, 0.3) is 0 Å².